The summed E-state index contributed by atoms with van der Waals surface area (Å²) in [5.74, 6) is -0.257. The molecule has 0 spiro atoms. The van der Waals surface area contributed by atoms with Crippen molar-refractivity contribution in [3.63, 3.8) is 0 Å². The van der Waals surface area contributed by atoms with Crippen LogP contribution >= 0.6 is 0 Å². The van der Waals surface area contributed by atoms with Gasteiger partial charge in [0.15, 0.2) is 0 Å². The van der Waals surface area contributed by atoms with Crippen LogP contribution in [-0.2, 0) is 11.2 Å². The van der Waals surface area contributed by atoms with Crippen LogP contribution in [0.5, 0.6) is 0 Å². The van der Waals surface area contributed by atoms with E-state index >= 15 is 0 Å². The van der Waals surface area contributed by atoms with Gasteiger partial charge in [0.05, 0.1) is 12.7 Å². The molecular formula is C14H24O2. The Balaban J connectivity index is 0. The highest BCUT2D eigenvalue weighted by atomic mass is 16.5. The van der Waals surface area contributed by atoms with Crippen molar-refractivity contribution in [3.05, 3.63) is 35.4 Å². The smallest absolute Gasteiger partial charge is 0.338 e. The highest BCUT2D eigenvalue weighted by Crippen LogP contribution is 2.09. The van der Waals surface area contributed by atoms with Gasteiger partial charge in [0.25, 0.3) is 0 Å². The molecule has 1 aromatic carbocycles. The summed E-state index contributed by atoms with van der Waals surface area (Å²) in [6.07, 6.45) is 0.852. The maximum atomic E-state index is 11.2. The van der Waals surface area contributed by atoms with Gasteiger partial charge in [0.2, 0.25) is 0 Å². The van der Waals surface area contributed by atoms with Crippen molar-refractivity contribution in [3.8, 4) is 0 Å². The van der Waals surface area contributed by atoms with Gasteiger partial charge in [-0.1, -0.05) is 52.8 Å². The lowest BCUT2D eigenvalue weighted by Crippen LogP contribution is -2.04. The molecule has 0 aliphatic carbocycles. The van der Waals surface area contributed by atoms with Gasteiger partial charge in [0, 0.05) is 0 Å². The largest absolute Gasteiger partial charge is 0.465 e. The summed E-state index contributed by atoms with van der Waals surface area (Å²) >= 11 is 0. The van der Waals surface area contributed by atoms with Gasteiger partial charge in [0.1, 0.15) is 0 Å². The number of carbonyl (C=O) groups is 1. The van der Waals surface area contributed by atoms with Crippen molar-refractivity contribution < 1.29 is 9.53 Å². The maximum Gasteiger partial charge on any atom is 0.338 e. The van der Waals surface area contributed by atoms with Crippen LogP contribution in [0, 0.1) is 0 Å². The molecule has 0 aliphatic rings. The fourth-order valence-electron chi connectivity index (χ4n) is 1.14. The quantitative estimate of drug-likeness (QED) is 0.707. The molecule has 0 aromatic heterocycles. The molecule has 0 aliphatic heterocycles. The van der Waals surface area contributed by atoms with E-state index < -0.39 is 0 Å². The highest BCUT2D eigenvalue weighted by Gasteiger charge is 2.08. The van der Waals surface area contributed by atoms with E-state index in [9.17, 15) is 4.79 Å². The van der Waals surface area contributed by atoms with E-state index in [1.807, 2.05) is 52.8 Å². The summed E-state index contributed by atoms with van der Waals surface area (Å²) in [6, 6.07) is 7.48. The molecule has 2 nitrogen and oxygen atoms in total. The average Bonchev–Trinajstić information content (AvgIpc) is 2.42. The fraction of sp³-hybridized carbons (Fsp3) is 0.500. The predicted molar refractivity (Wildman–Crippen MR) is 69.9 cm³/mol. The second-order valence-electron chi connectivity index (χ2n) is 2.50. The Morgan fingerprint density at radius 2 is 1.62 bits per heavy atom. The monoisotopic (exact) mass is 224 g/mol. The second kappa shape index (κ2) is 11.8. The van der Waals surface area contributed by atoms with Crippen LogP contribution < -0.4 is 0 Å². The zero-order chi connectivity index (χ0) is 13.0. The van der Waals surface area contributed by atoms with E-state index in [2.05, 4.69) is 4.74 Å². The van der Waals surface area contributed by atoms with Gasteiger partial charge in [-0.25, -0.2) is 4.79 Å². The number of rotatable bonds is 2. The van der Waals surface area contributed by atoms with Crippen LogP contribution in [0.1, 0.15) is 50.5 Å². The van der Waals surface area contributed by atoms with Crippen molar-refractivity contribution in [2.75, 3.05) is 7.11 Å². The summed E-state index contributed by atoms with van der Waals surface area (Å²) in [5.41, 5.74) is 1.70. The van der Waals surface area contributed by atoms with Crippen molar-refractivity contribution in [1.82, 2.24) is 0 Å². The molecule has 16 heavy (non-hydrogen) atoms. The third-order valence-corrected chi connectivity index (χ3v) is 1.80. The number of hydrogen-bond acceptors (Lipinski definition) is 2. The van der Waals surface area contributed by atoms with Crippen molar-refractivity contribution in [1.29, 1.82) is 0 Å². The summed E-state index contributed by atoms with van der Waals surface area (Å²) in [7, 11) is 1.40. The van der Waals surface area contributed by atoms with Crippen LogP contribution in [0.15, 0.2) is 24.3 Å². The maximum absolute atomic E-state index is 11.2. The first-order chi connectivity index (χ1) is 7.79. The topological polar surface area (TPSA) is 26.3 Å². The lowest BCUT2D eigenvalue weighted by molar-refractivity contribution is 0.0599. The van der Waals surface area contributed by atoms with E-state index in [1.54, 1.807) is 6.07 Å². The Morgan fingerprint density at radius 3 is 2.06 bits per heavy atom. The minimum atomic E-state index is -0.257. The third kappa shape index (κ3) is 5.54. The van der Waals surface area contributed by atoms with Crippen molar-refractivity contribution in [2.45, 2.75) is 41.0 Å². The minimum absolute atomic E-state index is 0.257. The van der Waals surface area contributed by atoms with Gasteiger partial charge in [-0.2, -0.15) is 0 Å². The Morgan fingerprint density at radius 1 is 1.12 bits per heavy atom. The highest BCUT2D eigenvalue weighted by molar-refractivity contribution is 5.90. The summed E-state index contributed by atoms with van der Waals surface area (Å²) in [4.78, 5) is 11.2. The molecule has 0 unspecified atom stereocenters. The first-order valence-corrected chi connectivity index (χ1v) is 5.95. The molecule has 0 N–H and O–H groups in total. The number of ether oxygens (including phenoxy) is 1. The summed E-state index contributed by atoms with van der Waals surface area (Å²) in [6.45, 7) is 10.0. The van der Waals surface area contributed by atoms with Crippen molar-refractivity contribution >= 4 is 5.97 Å². The fourth-order valence-corrected chi connectivity index (χ4v) is 1.14. The molecule has 1 aromatic rings. The molecule has 2 heteroatoms. The minimum Gasteiger partial charge on any atom is -0.465 e. The number of esters is 1. The van der Waals surface area contributed by atoms with Crippen molar-refractivity contribution in [2.24, 2.45) is 0 Å². The number of methoxy groups -OCH3 is 1. The number of carbonyl (C=O) groups excluding carboxylic acids is 1. The molecule has 0 heterocycles. The standard InChI is InChI=1S/C10H12O2.2C2H6/c1-3-8-6-4-5-7-9(8)10(11)12-2;2*1-2/h4-7H,3H2,1-2H3;2*1-2H3. The molecule has 0 fully saturated rings. The molecule has 0 saturated heterocycles. The van der Waals surface area contributed by atoms with Gasteiger partial charge in [-0.3, -0.25) is 0 Å². The summed E-state index contributed by atoms with van der Waals surface area (Å²) in [5, 5.41) is 0. The Kier molecular flexibility index (Phi) is 12.6. The Hall–Kier alpha value is -1.31. The third-order valence-electron chi connectivity index (χ3n) is 1.80. The molecule has 92 valence electrons. The Bertz CT molecular complexity index is 280. The van der Waals surface area contributed by atoms with Crippen LogP contribution in [0.2, 0.25) is 0 Å². The number of benzene rings is 1. The van der Waals surface area contributed by atoms with Gasteiger partial charge in [-0.05, 0) is 18.1 Å². The zero-order valence-electron chi connectivity index (χ0n) is 11.3. The predicted octanol–water partition coefficient (Wildman–Crippen LogP) is 4.09. The van der Waals surface area contributed by atoms with E-state index in [4.69, 9.17) is 0 Å². The van der Waals surface area contributed by atoms with Crippen LogP contribution in [0.4, 0.5) is 0 Å². The van der Waals surface area contributed by atoms with E-state index in [0.29, 0.717) is 5.56 Å². The van der Waals surface area contributed by atoms with Gasteiger partial charge >= 0.3 is 5.97 Å². The van der Waals surface area contributed by atoms with E-state index in [0.717, 1.165) is 12.0 Å². The molecular weight excluding hydrogens is 200 g/mol. The van der Waals surface area contributed by atoms with E-state index in [-0.39, 0.29) is 5.97 Å². The molecule has 1 rings (SSSR count). The van der Waals surface area contributed by atoms with Gasteiger partial charge in [-0.15, -0.1) is 0 Å². The first-order valence-electron chi connectivity index (χ1n) is 5.95. The van der Waals surface area contributed by atoms with E-state index in [1.165, 1.54) is 7.11 Å². The second-order valence-corrected chi connectivity index (χ2v) is 2.50. The SMILES string of the molecule is CC.CC.CCc1ccccc1C(=O)OC. The molecule has 0 saturated carbocycles. The average molecular weight is 224 g/mol. The normalized spacial score (nSPS) is 7.88. The lowest BCUT2D eigenvalue weighted by Gasteiger charge is -2.03. The first kappa shape index (κ1) is 17.1. The molecule has 0 bridgehead atoms. The number of aryl methyl sites for hydroxylation is 1. The summed E-state index contributed by atoms with van der Waals surface area (Å²) < 4.78 is 4.64. The lowest BCUT2D eigenvalue weighted by atomic mass is 10.1. The van der Waals surface area contributed by atoms with Crippen LogP contribution in [-0.4, -0.2) is 13.1 Å². The molecule has 0 atom stereocenters. The Labute approximate surface area is 99.6 Å². The van der Waals surface area contributed by atoms with Crippen LogP contribution in [0.3, 0.4) is 0 Å². The zero-order valence-corrected chi connectivity index (χ0v) is 11.3. The molecule has 0 radical (unpaired) electrons. The van der Waals surface area contributed by atoms with Crippen LogP contribution in [0.25, 0.3) is 0 Å². The number of hydrogen-bond donors (Lipinski definition) is 0. The molecule has 0 amide bonds. The van der Waals surface area contributed by atoms with Gasteiger partial charge < -0.3 is 4.74 Å².